The van der Waals surface area contributed by atoms with Crippen molar-refractivity contribution in [3.63, 3.8) is 0 Å². The lowest BCUT2D eigenvalue weighted by Gasteiger charge is -2.25. The summed E-state index contributed by atoms with van der Waals surface area (Å²) in [5.74, 6) is 1.51. The first-order valence-electron chi connectivity index (χ1n) is 7.71. The Morgan fingerprint density at radius 2 is 1.76 bits per heavy atom. The molecule has 0 aliphatic heterocycles. The number of allylic oxidation sites excluding steroid dienone is 2. The van der Waals surface area contributed by atoms with Crippen molar-refractivity contribution in [1.29, 1.82) is 0 Å². The highest BCUT2D eigenvalue weighted by Crippen LogP contribution is 2.46. The SMILES string of the molecule is CC(C)CCC1C=CCc2c1c(O)c1ccccc1c2O. The van der Waals surface area contributed by atoms with Crippen LogP contribution in [0.5, 0.6) is 11.5 Å². The van der Waals surface area contributed by atoms with Crippen LogP contribution < -0.4 is 0 Å². The fourth-order valence-corrected chi connectivity index (χ4v) is 3.28. The van der Waals surface area contributed by atoms with E-state index in [-0.39, 0.29) is 5.92 Å². The van der Waals surface area contributed by atoms with E-state index < -0.39 is 0 Å². The van der Waals surface area contributed by atoms with Crippen LogP contribution >= 0.6 is 0 Å². The predicted octanol–water partition coefficient (Wildman–Crippen LogP) is 4.88. The minimum absolute atomic E-state index is 0.201. The van der Waals surface area contributed by atoms with E-state index in [1.807, 2.05) is 24.3 Å². The standard InChI is InChI=1S/C19H22O2/c1-12(2)10-11-13-6-5-9-16-17(13)19(21)15-8-4-3-7-14(15)18(16)20/h3-8,12-13,20-21H,9-11H2,1-2H3. The lowest BCUT2D eigenvalue weighted by atomic mass is 9.81. The van der Waals surface area contributed by atoms with Gasteiger partial charge in [0.05, 0.1) is 0 Å². The van der Waals surface area contributed by atoms with Gasteiger partial charge in [-0.25, -0.2) is 0 Å². The average Bonchev–Trinajstić information content (AvgIpc) is 2.50. The molecule has 0 saturated heterocycles. The number of fused-ring (bicyclic) bond motifs is 2. The van der Waals surface area contributed by atoms with Crippen LogP contribution in [0.25, 0.3) is 10.8 Å². The van der Waals surface area contributed by atoms with E-state index in [2.05, 4.69) is 26.0 Å². The summed E-state index contributed by atoms with van der Waals surface area (Å²) >= 11 is 0. The molecule has 0 saturated carbocycles. The van der Waals surface area contributed by atoms with Crippen molar-refractivity contribution in [3.05, 3.63) is 47.5 Å². The monoisotopic (exact) mass is 282 g/mol. The van der Waals surface area contributed by atoms with E-state index >= 15 is 0 Å². The number of rotatable bonds is 3. The minimum atomic E-state index is 0.201. The summed E-state index contributed by atoms with van der Waals surface area (Å²) in [5, 5.41) is 22.8. The van der Waals surface area contributed by atoms with Crippen molar-refractivity contribution >= 4 is 10.8 Å². The van der Waals surface area contributed by atoms with Gasteiger partial charge in [-0.3, -0.25) is 0 Å². The van der Waals surface area contributed by atoms with Gasteiger partial charge in [0.15, 0.2) is 0 Å². The Morgan fingerprint density at radius 1 is 1.10 bits per heavy atom. The molecule has 1 aliphatic carbocycles. The largest absolute Gasteiger partial charge is 0.507 e. The maximum Gasteiger partial charge on any atom is 0.127 e. The van der Waals surface area contributed by atoms with Gasteiger partial charge < -0.3 is 10.2 Å². The number of benzene rings is 2. The van der Waals surface area contributed by atoms with E-state index in [0.29, 0.717) is 23.8 Å². The first-order valence-corrected chi connectivity index (χ1v) is 7.71. The van der Waals surface area contributed by atoms with E-state index in [9.17, 15) is 10.2 Å². The summed E-state index contributed by atoms with van der Waals surface area (Å²) in [6, 6.07) is 7.53. The van der Waals surface area contributed by atoms with Crippen molar-refractivity contribution in [2.75, 3.05) is 0 Å². The van der Waals surface area contributed by atoms with Gasteiger partial charge >= 0.3 is 0 Å². The Labute approximate surface area is 125 Å². The number of hydrogen-bond donors (Lipinski definition) is 2. The Morgan fingerprint density at radius 3 is 2.43 bits per heavy atom. The lowest BCUT2D eigenvalue weighted by molar-refractivity contribution is 0.448. The van der Waals surface area contributed by atoms with Crippen molar-refractivity contribution < 1.29 is 10.2 Å². The Hall–Kier alpha value is -1.96. The highest BCUT2D eigenvalue weighted by molar-refractivity contribution is 5.96. The minimum Gasteiger partial charge on any atom is -0.507 e. The number of phenolic OH excluding ortho intramolecular Hbond substituents is 2. The van der Waals surface area contributed by atoms with Crippen LogP contribution in [-0.2, 0) is 6.42 Å². The van der Waals surface area contributed by atoms with Gasteiger partial charge in [-0.1, -0.05) is 56.7 Å². The molecule has 0 aromatic heterocycles. The fraction of sp³-hybridized carbons (Fsp3) is 0.368. The molecular weight excluding hydrogens is 260 g/mol. The summed E-state index contributed by atoms with van der Waals surface area (Å²) in [4.78, 5) is 0. The number of phenols is 2. The first kappa shape index (κ1) is 14.0. The summed E-state index contributed by atoms with van der Waals surface area (Å²) < 4.78 is 0. The van der Waals surface area contributed by atoms with E-state index in [1.165, 1.54) is 0 Å². The fourth-order valence-electron chi connectivity index (χ4n) is 3.28. The van der Waals surface area contributed by atoms with Crippen molar-refractivity contribution in [1.82, 2.24) is 0 Å². The van der Waals surface area contributed by atoms with Crippen LogP contribution in [0, 0.1) is 5.92 Å². The summed E-state index contributed by atoms with van der Waals surface area (Å²) in [6.07, 6.45) is 7.10. The molecule has 3 rings (SSSR count). The Kier molecular flexibility index (Phi) is 3.62. The predicted molar refractivity (Wildman–Crippen MR) is 86.9 cm³/mol. The number of aromatic hydroxyl groups is 2. The topological polar surface area (TPSA) is 40.5 Å². The van der Waals surface area contributed by atoms with Gasteiger partial charge in [0.1, 0.15) is 11.5 Å². The zero-order valence-electron chi connectivity index (χ0n) is 12.6. The van der Waals surface area contributed by atoms with Crippen molar-refractivity contribution in [2.24, 2.45) is 5.92 Å². The highest BCUT2D eigenvalue weighted by Gasteiger charge is 2.25. The van der Waals surface area contributed by atoms with E-state index in [4.69, 9.17) is 0 Å². The van der Waals surface area contributed by atoms with Crippen LogP contribution in [0.15, 0.2) is 36.4 Å². The molecule has 2 aromatic rings. The van der Waals surface area contributed by atoms with Gasteiger partial charge in [-0.05, 0) is 18.8 Å². The normalized spacial score (nSPS) is 17.4. The van der Waals surface area contributed by atoms with Crippen LogP contribution in [0.1, 0.15) is 43.7 Å². The van der Waals surface area contributed by atoms with E-state index in [0.717, 1.165) is 34.7 Å². The summed E-state index contributed by atoms with van der Waals surface area (Å²) in [7, 11) is 0. The molecule has 2 aromatic carbocycles. The van der Waals surface area contributed by atoms with Crippen LogP contribution in [0.3, 0.4) is 0 Å². The third-order valence-corrected chi connectivity index (χ3v) is 4.42. The van der Waals surface area contributed by atoms with Crippen LogP contribution in [0.2, 0.25) is 0 Å². The smallest absolute Gasteiger partial charge is 0.127 e. The van der Waals surface area contributed by atoms with Crippen molar-refractivity contribution in [3.8, 4) is 11.5 Å². The Balaban J connectivity index is 2.15. The molecule has 2 N–H and O–H groups in total. The lowest BCUT2D eigenvalue weighted by Crippen LogP contribution is -2.07. The summed E-state index contributed by atoms with van der Waals surface area (Å²) in [5.41, 5.74) is 1.82. The first-order chi connectivity index (χ1) is 10.1. The maximum atomic E-state index is 10.7. The third kappa shape index (κ3) is 2.39. The van der Waals surface area contributed by atoms with Gasteiger partial charge in [-0.2, -0.15) is 0 Å². The molecule has 2 nitrogen and oxygen atoms in total. The molecule has 1 unspecified atom stereocenters. The second kappa shape index (κ2) is 5.44. The molecule has 110 valence electrons. The molecule has 0 heterocycles. The van der Waals surface area contributed by atoms with Gasteiger partial charge in [0.25, 0.3) is 0 Å². The zero-order chi connectivity index (χ0) is 15.0. The molecule has 21 heavy (non-hydrogen) atoms. The second-order valence-corrected chi connectivity index (χ2v) is 6.34. The third-order valence-electron chi connectivity index (χ3n) is 4.42. The average molecular weight is 282 g/mol. The molecule has 0 bridgehead atoms. The van der Waals surface area contributed by atoms with Crippen molar-refractivity contribution in [2.45, 2.75) is 39.0 Å². The zero-order valence-corrected chi connectivity index (χ0v) is 12.6. The molecule has 1 atom stereocenters. The molecule has 1 aliphatic rings. The maximum absolute atomic E-state index is 10.7. The molecule has 2 heteroatoms. The van der Waals surface area contributed by atoms with Gasteiger partial charge in [0, 0.05) is 27.8 Å². The van der Waals surface area contributed by atoms with E-state index in [1.54, 1.807) is 0 Å². The summed E-state index contributed by atoms with van der Waals surface area (Å²) in [6.45, 7) is 4.43. The number of hydrogen-bond acceptors (Lipinski definition) is 2. The second-order valence-electron chi connectivity index (χ2n) is 6.34. The van der Waals surface area contributed by atoms with Gasteiger partial charge in [-0.15, -0.1) is 0 Å². The quantitative estimate of drug-likeness (QED) is 0.622. The van der Waals surface area contributed by atoms with Gasteiger partial charge in [0.2, 0.25) is 0 Å². The molecular formula is C19H22O2. The van der Waals surface area contributed by atoms with Crippen LogP contribution in [-0.4, -0.2) is 10.2 Å². The van der Waals surface area contributed by atoms with Crippen LogP contribution in [0.4, 0.5) is 0 Å². The molecule has 0 radical (unpaired) electrons. The molecule has 0 amide bonds. The Bertz CT molecular complexity index is 698. The molecule has 0 fully saturated rings. The molecule has 0 spiro atoms. The highest BCUT2D eigenvalue weighted by atomic mass is 16.3.